The van der Waals surface area contributed by atoms with Crippen molar-refractivity contribution >= 4 is 11.6 Å². The van der Waals surface area contributed by atoms with Gasteiger partial charge in [-0.1, -0.05) is 0 Å². The zero-order valence-electron chi connectivity index (χ0n) is 11.9. The van der Waals surface area contributed by atoms with Gasteiger partial charge in [0, 0.05) is 11.3 Å². The minimum Gasteiger partial charge on any atom is -0.493 e. The zero-order chi connectivity index (χ0) is 15.2. The largest absolute Gasteiger partial charge is 0.493 e. The van der Waals surface area contributed by atoms with Gasteiger partial charge in [0.1, 0.15) is 5.82 Å². The summed E-state index contributed by atoms with van der Waals surface area (Å²) < 4.78 is 23.4. The Morgan fingerprint density at radius 2 is 1.86 bits per heavy atom. The molecular formula is C16H16FNO3. The van der Waals surface area contributed by atoms with E-state index in [4.69, 9.17) is 9.47 Å². The van der Waals surface area contributed by atoms with E-state index in [1.807, 2.05) is 6.92 Å². The van der Waals surface area contributed by atoms with E-state index in [1.54, 1.807) is 18.2 Å². The van der Waals surface area contributed by atoms with E-state index >= 15 is 0 Å². The predicted octanol–water partition coefficient (Wildman–Crippen LogP) is 3.49. The second kappa shape index (κ2) is 6.74. The average Bonchev–Trinajstić information content (AvgIpc) is 2.50. The van der Waals surface area contributed by atoms with Crippen LogP contribution in [0, 0.1) is 5.82 Å². The molecule has 0 fully saturated rings. The molecule has 1 N–H and O–H groups in total. The second-order valence-electron chi connectivity index (χ2n) is 4.26. The first-order valence-corrected chi connectivity index (χ1v) is 6.51. The number of hydrogen-bond donors (Lipinski definition) is 1. The minimum absolute atomic E-state index is 0.301. The Balaban J connectivity index is 2.18. The first-order valence-electron chi connectivity index (χ1n) is 6.51. The van der Waals surface area contributed by atoms with Crippen LogP contribution >= 0.6 is 0 Å². The molecule has 21 heavy (non-hydrogen) atoms. The first-order chi connectivity index (χ1) is 10.1. The molecule has 0 aliphatic carbocycles. The number of ether oxygens (including phenoxy) is 2. The Labute approximate surface area is 122 Å². The number of carbonyl (C=O) groups excluding carboxylic acids is 1. The van der Waals surface area contributed by atoms with Gasteiger partial charge in [-0.25, -0.2) is 4.39 Å². The number of halogens is 1. The number of amides is 1. The molecule has 2 aromatic rings. The lowest BCUT2D eigenvalue weighted by atomic mass is 10.2. The summed E-state index contributed by atoms with van der Waals surface area (Å²) >= 11 is 0. The van der Waals surface area contributed by atoms with Crippen molar-refractivity contribution in [2.24, 2.45) is 0 Å². The molecule has 1 amide bonds. The molecule has 0 atom stereocenters. The summed E-state index contributed by atoms with van der Waals surface area (Å²) in [4.78, 5) is 12.2. The first kappa shape index (κ1) is 14.8. The lowest BCUT2D eigenvalue weighted by molar-refractivity contribution is 0.102. The Morgan fingerprint density at radius 3 is 2.48 bits per heavy atom. The van der Waals surface area contributed by atoms with E-state index in [0.29, 0.717) is 29.4 Å². The monoisotopic (exact) mass is 289 g/mol. The molecule has 4 nitrogen and oxygen atoms in total. The van der Waals surface area contributed by atoms with Crippen LogP contribution in [0.1, 0.15) is 17.3 Å². The van der Waals surface area contributed by atoms with Gasteiger partial charge in [0.15, 0.2) is 11.5 Å². The normalized spacial score (nSPS) is 10.0. The summed E-state index contributed by atoms with van der Waals surface area (Å²) in [5, 5.41) is 2.69. The Kier molecular flexibility index (Phi) is 4.77. The summed E-state index contributed by atoms with van der Waals surface area (Å²) in [6.07, 6.45) is 0. The van der Waals surface area contributed by atoms with E-state index in [-0.39, 0.29) is 11.7 Å². The highest BCUT2D eigenvalue weighted by Crippen LogP contribution is 2.28. The zero-order valence-corrected chi connectivity index (χ0v) is 11.9. The number of rotatable bonds is 5. The van der Waals surface area contributed by atoms with Gasteiger partial charge in [0.2, 0.25) is 0 Å². The van der Waals surface area contributed by atoms with Gasteiger partial charge in [0.05, 0.1) is 13.7 Å². The molecule has 0 saturated heterocycles. The van der Waals surface area contributed by atoms with E-state index in [9.17, 15) is 9.18 Å². The van der Waals surface area contributed by atoms with Crippen molar-refractivity contribution in [2.75, 3.05) is 19.0 Å². The van der Waals surface area contributed by atoms with Crippen molar-refractivity contribution in [1.82, 2.24) is 0 Å². The Hall–Kier alpha value is -2.56. The van der Waals surface area contributed by atoms with E-state index in [0.717, 1.165) is 0 Å². The van der Waals surface area contributed by atoms with Crippen LogP contribution in [0.4, 0.5) is 10.1 Å². The maximum absolute atomic E-state index is 12.8. The van der Waals surface area contributed by atoms with Crippen LogP contribution in [0.2, 0.25) is 0 Å². The van der Waals surface area contributed by atoms with Crippen molar-refractivity contribution in [1.29, 1.82) is 0 Å². The molecule has 0 unspecified atom stereocenters. The smallest absolute Gasteiger partial charge is 0.255 e. The quantitative estimate of drug-likeness (QED) is 0.916. The number of methoxy groups -OCH3 is 1. The van der Waals surface area contributed by atoms with Crippen molar-refractivity contribution < 1.29 is 18.7 Å². The lowest BCUT2D eigenvalue weighted by Gasteiger charge is -2.11. The molecule has 0 aliphatic heterocycles. The maximum atomic E-state index is 12.8. The van der Waals surface area contributed by atoms with Crippen LogP contribution in [-0.4, -0.2) is 19.6 Å². The highest BCUT2D eigenvalue weighted by Gasteiger charge is 2.11. The summed E-state index contributed by atoms with van der Waals surface area (Å²) in [7, 11) is 1.54. The number of benzene rings is 2. The summed E-state index contributed by atoms with van der Waals surface area (Å²) in [5.41, 5.74) is 0.957. The van der Waals surface area contributed by atoms with E-state index in [2.05, 4.69) is 5.32 Å². The third-order valence-electron chi connectivity index (χ3n) is 2.83. The van der Waals surface area contributed by atoms with Crippen LogP contribution in [0.5, 0.6) is 11.5 Å². The van der Waals surface area contributed by atoms with Crippen LogP contribution in [0.3, 0.4) is 0 Å². The van der Waals surface area contributed by atoms with Gasteiger partial charge in [-0.15, -0.1) is 0 Å². The molecule has 0 radical (unpaired) electrons. The fourth-order valence-electron chi connectivity index (χ4n) is 1.82. The maximum Gasteiger partial charge on any atom is 0.255 e. The molecule has 0 bridgehead atoms. The van der Waals surface area contributed by atoms with Gasteiger partial charge in [-0.2, -0.15) is 0 Å². The summed E-state index contributed by atoms with van der Waals surface area (Å²) in [5.74, 6) is 0.420. The second-order valence-corrected chi connectivity index (χ2v) is 4.26. The Bertz CT molecular complexity index is 626. The van der Waals surface area contributed by atoms with Crippen LogP contribution in [0.25, 0.3) is 0 Å². The topological polar surface area (TPSA) is 47.6 Å². The van der Waals surface area contributed by atoms with Gasteiger partial charge in [-0.3, -0.25) is 4.79 Å². The van der Waals surface area contributed by atoms with Gasteiger partial charge < -0.3 is 14.8 Å². The molecule has 0 aliphatic rings. The highest BCUT2D eigenvalue weighted by molar-refractivity contribution is 6.04. The van der Waals surface area contributed by atoms with Crippen molar-refractivity contribution in [3.63, 3.8) is 0 Å². The highest BCUT2D eigenvalue weighted by atomic mass is 19.1. The number of hydrogen-bond acceptors (Lipinski definition) is 3. The molecule has 2 rings (SSSR count). The van der Waals surface area contributed by atoms with Crippen molar-refractivity contribution in [3.05, 3.63) is 53.8 Å². The average molecular weight is 289 g/mol. The fourth-order valence-corrected chi connectivity index (χ4v) is 1.82. The lowest BCUT2D eigenvalue weighted by Crippen LogP contribution is -2.12. The van der Waals surface area contributed by atoms with Crippen LogP contribution < -0.4 is 14.8 Å². The molecule has 0 aromatic heterocycles. The molecule has 0 heterocycles. The number of carbonyl (C=O) groups is 1. The number of nitrogens with one attached hydrogen (secondary N) is 1. The summed E-state index contributed by atoms with van der Waals surface area (Å²) in [6, 6.07) is 10.5. The predicted molar refractivity (Wildman–Crippen MR) is 78.5 cm³/mol. The van der Waals surface area contributed by atoms with Gasteiger partial charge >= 0.3 is 0 Å². The minimum atomic E-state index is -0.351. The molecule has 2 aromatic carbocycles. The molecule has 5 heteroatoms. The Morgan fingerprint density at radius 1 is 1.14 bits per heavy atom. The SMILES string of the molecule is CCOc1cc(C(=O)Nc2ccc(F)cc2)ccc1OC. The van der Waals surface area contributed by atoms with E-state index < -0.39 is 0 Å². The van der Waals surface area contributed by atoms with Crippen molar-refractivity contribution in [3.8, 4) is 11.5 Å². The standard InChI is InChI=1S/C16H16FNO3/c1-3-21-15-10-11(4-9-14(15)20-2)16(19)18-13-7-5-12(17)6-8-13/h4-10H,3H2,1-2H3,(H,18,19). The molecule has 0 saturated carbocycles. The van der Waals surface area contributed by atoms with Gasteiger partial charge in [-0.05, 0) is 49.4 Å². The van der Waals surface area contributed by atoms with E-state index in [1.165, 1.54) is 31.4 Å². The molecule has 110 valence electrons. The number of anilines is 1. The van der Waals surface area contributed by atoms with Crippen LogP contribution in [-0.2, 0) is 0 Å². The molecule has 0 spiro atoms. The third kappa shape index (κ3) is 3.72. The fraction of sp³-hybridized carbons (Fsp3) is 0.188. The summed E-state index contributed by atoms with van der Waals surface area (Å²) in [6.45, 7) is 2.32. The van der Waals surface area contributed by atoms with Crippen molar-refractivity contribution in [2.45, 2.75) is 6.92 Å². The molecular weight excluding hydrogens is 273 g/mol. The van der Waals surface area contributed by atoms with Crippen LogP contribution in [0.15, 0.2) is 42.5 Å². The third-order valence-corrected chi connectivity index (χ3v) is 2.83. The van der Waals surface area contributed by atoms with Gasteiger partial charge in [0.25, 0.3) is 5.91 Å².